The lowest BCUT2D eigenvalue weighted by molar-refractivity contribution is 0.415. The summed E-state index contributed by atoms with van der Waals surface area (Å²) in [4.78, 5) is 9.04. The van der Waals surface area contributed by atoms with Crippen LogP contribution in [0.2, 0.25) is 5.02 Å². The zero-order valence-electron chi connectivity index (χ0n) is 19.3. The van der Waals surface area contributed by atoms with E-state index in [1.165, 1.54) is 12.1 Å². The first kappa shape index (κ1) is 24.3. The molecule has 0 fully saturated rings. The monoisotopic (exact) mass is 509 g/mol. The van der Waals surface area contributed by atoms with Crippen LogP contribution in [0.4, 0.5) is 28.8 Å². The predicted molar refractivity (Wildman–Crippen MR) is 140 cm³/mol. The maximum atomic E-state index is 12.7. The van der Waals surface area contributed by atoms with Crippen LogP contribution in [0.1, 0.15) is 11.3 Å². The van der Waals surface area contributed by atoms with Gasteiger partial charge in [0, 0.05) is 33.8 Å². The van der Waals surface area contributed by atoms with Crippen molar-refractivity contribution in [2.45, 2.75) is 18.7 Å². The number of methoxy groups -OCH3 is 1. The van der Waals surface area contributed by atoms with Crippen LogP contribution in [0.15, 0.2) is 77.7 Å². The number of nitrogens with one attached hydrogen (secondary N) is 3. The lowest BCUT2D eigenvalue weighted by atomic mass is 10.2. The Bertz CT molecular complexity index is 1440. The molecule has 0 amide bonds. The van der Waals surface area contributed by atoms with Gasteiger partial charge in [-0.15, -0.1) is 0 Å². The average Bonchev–Trinajstić information content (AvgIpc) is 2.82. The highest BCUT2D eigenvalue weighted by Crippen LogP contribution is 2.25. The van der Waals surface area contributed by atoms with Gasteiger partial charge in [0.05, 0.1) is 12.0 Å². The quantitative estimate of drug-likeness (QED) is 0.266. The van der Waals surface area contributed by atoms with Crippen molar-refractivity contribution in [2.24, 2.45) is 0 Å². The lowest BCUT2D eigenvalue weighted by Gasteiger charge is -2.12. The predicted octanol–water partition coefficient (Wildman–Crippen LogP) is 6.04. The fraction of sp³-hybridized carbons (Fsp3) is 0.120. The van der Waals surface area contributed by atoms with E-state index < -0.39 is 10.0 Å². The molecule has 1 aromatic heterocycles. The molecule has 180 valence electrons. The van der Waals surface area contributed by atoms with Gasteiger partial charge in [0.1, 0.15) is 11.6 Å². The van der Waals surface area contributed by atoms with Crippen LogP contribution < -0.4 is 20.1 Å². The molecule has 0 radical (unpaired) electrons. The van der Waals surface area contributed by atoms with Gasteiger partial charge in [-0.3, -0.25) is 4.72 Å². The summed E-state index contributed by atoms with van der Waals surface area (Å²) in [6.07, 6.45) is 0. The molecule has 0 unspecified atom stereocenters. The molecule has 0 spiro atoms. The normalized spacial score (nSPS) is 11.1. The standard InChI is InChI=1S/C25H24ClN5O3S/c1-16-4-13-22(15-23(16)26)35(32,33)31-20-7-5-19(6-8-20)29-25-27-17(2)14-24(30-25)28-18-9-11-21(34-3)12-10-18/h4-15,31H,1-3H3,(H2,27,28,29,30). The first-order chi connectivity index (χ1) is 16.7. The number of nitrogens with zero attached hydrogens (tertiary/aromatic N) is 2. The van der Waals surface area contributed by atoms with Crippen molar-refractivity contribution < 1.29 is 13.2 Å². The summed E-state index contributed by atoms with van der Waals surface area (Å²) in [5.74, 6) is 1.81. The molecule has 35 heavy (non-hydrogen) atoms. The zero-order chi connectivity index (χ0) is 25.0. The molecule has 0 aliphatic carbocycles. The van der Waals surface area contributed by atoms with Gasteiger partial charge >= 0.3 is 0 Å². The van der Waals surface area contributed by atoms with E-state index in [9.17, 15) is 8.42 Å². The number of anilines is 5. The van der Waals surface area contributed by atoms with Crippen molar-refractivity contribution >= 4 is 50.5 Å². The number of hydrogen-bond acceptors (Lipinski definition) is 7. The summed E-state index contributed by atoms with van der Waals surface area (Å²) >= 11 is 6.08. The van der Waals surface area contributed by atoms with Gasteiger partial charge in [0.25, 0.3) is 10.0 Å². The van der Waals surface area contributed by atoms with Gasteiger partial charge in [-0.1, -0.05) is 17.7 Å². The SMILES string of the molecule is COc1ccc(Nc2cc(C)nc(Nc3ccc(NS(=O)(=O)c4ccc(C)c(Cl)c4)cc3)n2)cc1. The average molecular weight is 510 g/mol. The van der Waals surface area contributed by atoms with Gasteiger partial charge < -0.3 is 15.4 Å². The van der Waals surface area contributed by atoms with Gasteiger partial charge in [0.2, 0.25) is 5.95 Å². The van der Waals surface area contributed by atoms with Crippen LogP contribution in [-0.2, 0) is 10.0 Å². The largest absolute Gasteiger partial charge is 0.497 e. The molecule has 0 saturated carbocycles. The first-order valence-corrected chi connectivity index (χ1v) is 12.5. The summed E-state index contributed by atoms with van der Waals surface area (Å²) in [6, 6.07) is 20.8. The van der Waals surface area contributed by atoms with Crippen molar-refractivity contribution in [3.8, 4) is 5.75 Å². The molecule has 4 rings (SSSR count). The van der Waals surface area contributed by atoms with E-state index in [4.69, 9.17) is 16.3 Å². The van der Waals surface area contributed by atoms with E-state index in [0.717, 1.165) is 22.7 Å². The van der Waals surface area contributed by atoms with Gasteiger partial charge in [-0.2, -0.15) is 4.98 Å². The highest BCUT2D eigenvalue weighted by Gasteiger charge is 2.15. The Kier molecular flexibility index (Phi) is 7.09. The number of benzene rings is 3. The molecule has 0 aliphatic rings. The highest BCUT2D eigenvalue weighted by molar-refractivity contribution is 7.92. The maximum Gasteiger partial charge on any atom is 0.261 e. The molecule has 0 saturated heterocycles. The topological polar surface area (TPSA) is 105 Å². The third-order valence-corrected chi connectivity index (χ3v) is 6.85. The summed E-state index contributed by atoms with van der Waals surface area (Å²) in [6.45, 7) is 3.69. The number of hydrogen-bond donors (Lipinski definition) is 3. The Morgan fingerprint density at radius 2 is 1.43 bits per heavy atom. The molecule has 4 aromatic rings. The molecular weight excluding hydrogens is 486 g/mol. The molecule has 8 nitrogen and oxygen atoms in total. The second kappa shape index (κ2) is 10.2. The van der Waals surface area contributed by atoms with Crippen molar-refractivity contribution in [2.75, 3.05) is 22.5 Å². The Morgan fingerprint density at radius 3 is 2.09 bits per heavy atom. The van der Waals surface area contributed by atoms with E-state index in [-0.39, 0.29) is 4.90 Å². The molecule has 10 heteroatoms. The fourth-order valence-corrected chi connectivity index (χ4v) is 4.55. The Labute approximate surface area is 209 Å². The zero-order valence-corrected chi connectivity index (χ0v) is 20.9. The van der Waals surface area contributed by atoms with Crippen molar-refractivity contribution in [3.05, 3.63) is 89.1 Å². The minimum atomic E-state index is -3.77. The number of aromatic nitrogens is 2. The van der Waals surface area contributed by atoms with Crippen LogP contribution in [0, 0.1) is 13.8 Å². The van der Waals surface area contributed by atoms with Crippen LogP contribution in [0.5, 0.6) is 5.75 Å². The summed E-state index contributed by atoms with van der Waals surface area (Å²) < 4.78 is 33.1. The number of sulfonamides is 1. The Morgan fingerprint density at radius 1 is 0.800 bits per heavy atom. The van der Waals surface area contributed by atoms with Crippen molar-refractivity contribution in [1.29, 1.82) is 0 Å². The van der Waals surface area contributed by atoms with Crippen LogP contribution in [0.3, 0.4) is 0 Å². The minimum Gasteiger partial charge on any atom is -0.497 e. The van der Waals surface area contributed by atoms with Crippen LogP contribution in [0.25, 0.3) is 0 Å². The number of halogens is 1. The molecule has 3 aromatic carbocycles. The minimum absolute atomic E-state index is 0.0975. The molecule has 0 bridgehead atoms. The van der Waals surface area contributed by atoms with Crippen molar-refractivity contribution in [1.82, 2.24) is 9.97 Å². The van der Waals surface area contributed by atoms with Gasteiger partial charge in [-0.25, -0.2) is 13.4 Å². The number of aryl methyl sites for hydroxylation is 2. The smallest absolute Gasteiger partial charge is 0.261 e. The molecule has 1 heterocycles. The summed E-state index contributed by atoms with van der Waals surface area (Å²) in [5, 5.41) is 6.79. The van der Waals surface area contributed by atoms with Crippen LogP contribution in [-0.4, -0.2) is 25.5 Å². The lowest BCUT2D eigenvalue weighted by Crippen LogP contribution is -2.13. The second-order valence-electron chi connectivity index (χ2n) is 7.79. The molecule has 3 N–H and O–H groups in total. The third kappa shape index (κ3) is 6.20. The van der Waals surface area contributed by atoms with Gasteiger partial charge in [0.15, 0.2) is 0 Å². The van der Waals surface area contributed by atoms with Crippen molar-refractivity contribution in [3.63, 3.8) is 0 Å². The van der Waals surface area contributed by atoms with E-state index in [2.05, 4.69) is 25.3 Å². The molecular formula is C25H24ClN5O3S. The third-order valence-electron chi connectivity index (χ3n) is 5.06. The number of ether oxygens (including phenoxy) is 1. The Balaban J connectivity index is 1.45. The van der Waals surface area contributed by atoms with Crippen LogP contribution >= 0.6 is 11.6 Å². The fourth-order valence-electron chi connectivity index (χ4n) is 3.22. The van der Waals surface area contributed by atoms with E-state index in [0.29, 0.717) is 28.2 Å². The summed E-state index contributed by atoms with van der Waals surface area (Å²) in [7, 11) is -2.14. The molecule has 0 aliphatic heterocycles. The maximum absolute atomic E-state index is 12.7. The number of rotatable bonds is 8. The second-order valence-corrected chi connectivity index (χ2v) is 9.88. The van der Waals surface area contributed by atoms with E-state index >= 15 is 0 Å². The summed E-state index contributed by atoms with van der Waals surface area (Å²) in [5.41, 5.74) is 3.56. The molecule has 0 atom stereocenters. The first-order valence-electron chi connectivity index (χ1n) is 10.6. The highest BCUT2D eigenvalue weighted by atomic mass is 35.5. The Hall–Kier alpha value is -3.82. The van der Waals surface area contributed by atoms with E-state index in [1.54, 1.807) is 37.4 Å². The van der Waals surface area contributed by atoms with E-state index in [1.807, 2.05) is 44.2 Å². The van der Waals surface area contributed by atoms with Gasteiger partial charge in [-0.05, 0) is 80.1 Å².